The Morgan fingerprint density at radius 3 is 2.53 bits per heavy atom. The molecule has 2 unspecified atom stereocenters. The number of nitrogens with zero attached hydrogens (tertiary/aromatic N) is 5. The van der Waals surface area contributed by atoms with E-state index in [4.69, 9.17) is 0 Å². The summed E-state index contributed by atoms with van der Waals surface area (Å²) in [5, 5.41) is 0.476. The van der Waals surface area contributed by atoms with Gasteiger partial charge in [-0.3, -0.25) is 9.69 Å². The lowest BCUT2D eigenvalue weighted by Crippen LogP contribution is -2.63. The minimum atomic E-state index is -0.698. The number of hydrogen-bond acceptors (Lipinski definition) is 5. The fraction of sp³-hybridized carbons (Fsp3) is 0.591. The van der Waals surface area contributed by atoms with E-state index in [0.29, 0.717) is 16.8 Å². The molecule has 6 nitrogen and oxygen atoms in total. The Balaban J connectivity index is 1.93. The van der Waals surface area contributed by atoms with Crippen LogP contribution in [0.1, 0.15) is 13.3 Å². The van der Waals surface area contributed by atoms with Crippen molar-refractivity contribution in [1.82, 2.24) is 14.4 Å². The number of aryl methyl sites for hydroxylation is 1. The number of hydrogen-bond donors (Lipinski definition) is 0. The third kappa shape index (κ3) is 3.46. The van der Waals surface area contributed by atoms with Crippen LogP contribution >= 0.6 is 0 Å². The Kier molecular flexibility index (Phi) is 5.48. The van der Waals surface area contributed by atoms with E-state index in [-0.39, 0.29) is 23.2 Å². The van der Waals surface area contributed by atoms with Gasteiger partial charge in [0, 0.05) is 50.7 Å². The van der Waals surface area contributed by atoms with E-state index in [9.17, 15) is 13.6 Å². The van der Waals surface area contributed by atoms with Gasteiger partial charge in [-0.2, -0.15) is 0 Å². The van der Waals surface area contributed by atoms with Crippen LogP contribution in [-0.4, -0.2) is 80.3 Å². The van der Waals surface area contributed by atoms with Crippen LogP contribution in [0.15, 0.2) is 16.9 Å². The molecule has 30 heavy (non-hydrogen) atoms. The standard InChI is InChI=1S/C22H31F2N5O/c1-14-11-29-16(12-26(14)4)13-28(8-6-7-25(2)3)21-20(29)17-9-15(23)10-18(24)19(17)27(5)22(21)30/h9-10,14,16H,6-8,11-13H2,1-5H3. The summed E-state index contributed by atoms with van der Waals surface area (Å²) in [6.07, 6.45) is 0.907. The Hall–Kier alpha value is -2.19. The molecule has 0 N–H and O–H groups in total. The topological polar surface area (TPSA) is 35.0 Å². The van der Waals surface area contributed by atoms with Crippen molar-refractivity contribution in [3.05, 3.63) is 34.1 Å². The number of aromatic nitrogens is 1. The van der Waals surface area contributed by atoms with Gasteiger partial charge in [0.15, 0.2) is 5.82 Å². The van der Waals surface area contributed by atoms with Gasteiger partial charge in [0.1, 0.15) is 11.5 Å². The molecule has 164 valence electrons. The summed E-state index contributed by atoms with van der Waals surface area (Å²) in [6.45, 7) is 6.08. The zero-order valence-corrected chi connectivity index (χ0v) is 18.5. The van der Waals surface area contributed by atoms with E-state index in [2.05, 4.69) is 33.6 Å². The molecule has 1 saturated heterocycles. The smallest absolute Gasteiger partial charge is 0.276 e. The lowest BCUT2D eigenvalue weighted by atomic mass is 9.98. The second-order valence-corrected chi connectivity index (χ2v) is 9.04. The van der Waals surface area contributed by atoms with Crippen molar-refractivity contribution in [2.45, 2.75) is 25.4 Å². The van der Waals surface area contributed by atoms with E-state index < -0.39 is 11.6 Å². The largest absolute Gasteiger partial charge is 0.363 e. The highest BCUT2D eigenvalue weighted by molar-refractivity contribution is 6.00. The number of anilines is 2. The minimum Gasteiger partial charge on any atom is -0.363 e. The third-order valence-electron chi connectivity index (χ3n) is 6.57. The molecule has 0 spiro atoms. The summed E-state index contributed by atoms with van der Waals surface area (Å²) in [6, 6.07) is 2.68. The highest BCUT2D eigenvalue weighted by Crippen LogP contribution is 2.41. The molecule has 0 amide bonds. The fourth-order valence-electron chi connectivity index (χ4n) is 4.89. The van der Waals surface area contributed by atoms with Crippen molar-refractivity contribution < 1.29 is 8.78 Å². The third-order valence-corrected chi connectivity index (χ3v) is 6.57. The molecule has 1 fully saturated rings. The predicted octanol–water partition coefficient (Wildman–Crippen LogP) is 2.10. The number of pyridine rings is 1. The van der Waals surface area contributed by atoms with E-state index in [1.807, 2.05) is 14.1 Å². The molecule has 8 heteroatoms. The highest BCUT2D eigenvalue weighted by atomic mass is 19.1. The summed E-state index contributed by atoms with van der Waals surface area (Å²) in [7, 11) is 7.74. The summed E-state index contributed by atoms with van der Waals surface area (Å²) in [4.78, 5) is 22.2. The van der Waals surface area contributed by atoms with Crippen molar-refractivity contribution in [2.75, 3.05) is 63.7 Å². The summed E-state index contributed by atoms with van der Waals surface area (Å²) in [5.41, 5.74) is 1.20. The van der Waals surface area contributed by atoms with Crippen molar-refractivity contribution in [3.63, 3.8) is 0 Å². The highest BCUT2D eigenvalue weighted by Gasteiger charge is 2.39. The van der Waals surface area contributed by atoms with Crippen LogP contribution < -0.4 is 15.4 Å². The second-order valence-electron chi connectivity index (χ2n) is 9.04. The first-order chi connectivity index (χ1) is 14.2. The predicted molar refractivity (Wildman–Crippen MR) is 118 cm³/mol. The molecule has 2 aliphatic rings. The van der Waals surface area contributed by atoms with Gasteiger partial charge < -0.3 is 19.3 Å². The van der Waals surface area contributed by atoms with Gasteiger partial charge in [0.05, 0.1) is 17.2 Å². The number of likely N-dealkylation sites (N-methyl/N-ethyl adjacent to an activating group) is 1. The van der Waals surface area contributed by atoms with E-state index in [1.165, 1.54) is 10.6 Å². The van der Waals surface area contributed by atoms with Gasteiger partial charge in [-0.1, -0.05) is 0 Å². The molecule has 4 rings (SSSR count). The van der Waals surface area contributed by atoms with Gasteiger partial charge in [0.2, 0.25) is 0 Å². The number of fused-ring (bicyclic) bond motifs is 5. The molecule has 2 atom stereocenters. The van der Waals surface area contributed by atoms with Crippen molar-refractivity contribution >= 4 is 22.3 Å². The molecule has 0 bridgehead atoms. The SMILES string of the molecule is CC1CN2c3c(c(=O)n(C)c4c(F)cc(F)cc34)N(CCCN(C)C)CC2CN1C. The van der Waals surface area contributed by atoms with Crippen LogP contribution in [0.25, 0.3) is 10.9 Å². The van der Waals surface area contributed by atoms with Crippen LogP contribution in [0.3, 0.4) is 0 Å². The van der Waals surface area contributed by atoms with Crippen molar-refractivity contribution in [1.29, 1.82) is 0 Å². The Morgan fingerprint density at radius 1 is 1.10 bits per heavy atom. The van der Waals surface area contributed by atoms with E-state index >= 15 is 0 Å². The van der Waals surface area contributed by atoms with Crippen LogP contribution in [0.2, 0.25) is 0 Å². The summed E-state index contributed by atoms with van der Waals surface area (Å²) in [5.74, 6) is -1.32. The van der Waals surface area contributed by atoms with E-state index in [0.717, 1.165) is 45.2 Å². The lowest BCUT2D eigenvalue weighted by molar-refractivity contribution is 0.198. The molecule has 0 radical (unpaired) electrons. The zero-order valence-electron chi connectivity index (χ0n) is 18.5. The average Bonchev–Trinajstić information content (AvgIpc) is 2.65. The molecule has 1 aromatic carbocycles. The van der Waals surface area contributed by atoms with Crippen LogP contribution in [0, 0.1) is 11.6 Å². The molecular formula is C22H31F2N5O. The average molecular weight is 420 g/mol. The number of halogens is 2. The maximum absolute atomic E-state index is 14.8. The van der Waals surface area contributed by atoms with Crippen molar-refractivity contribution in [2.24, 2.45) is 7.05 Å². The number of rotatable bonds is 4. The lowest BCUT2D eigenvalue weighted by Gasteiger charge is -2.51. The Bertz CT molecular complexity index is 1020. The number of piperazine rings is 1. The monoisotopic (exact) mass is 419 g/mol. The van der Waals surface area contributed by atoms with Crippen molar-refractivity contribution in [3.8, 4) is 0 Å². The minimum absolute atomic E-state index is 0.166. The summed E-state index contributed by atoms with van der Waals surface area (Å²) < 4.78 is 30.4. The maximum Gasteiger partial charge on any atom is 0.276 e. The molecule has 3 heterocycles. The molecule has 2 aliphatic heterocycles. The van der Waals surface area contributed by atoms with Crippen LogP contribution in [0.5, 0.6) is 0 Å². The normalized spacial score (nSPS) is 22.0. The Morgan fingerprint density at radius 2 is 1.83 bits per heavy atom. The van der Waals surface area contributed by atoms with E-state index in [1.54, 1.807) is 7.05 Å². The van der Waals surface area contributed by atoms with Crippen LogP contribution in [0.4, 0.5) is 20.2 Å². The van der Waals surface area contributed by atoms with Crippen LogP contribution in [-0.2, 0) is 7.05 Å². The summed E-state index contributed by atoms with van der Waals surface area (Å²) >= 11 is 0. The Labute approximate surface area is 176 Å². The fourth-order valence-corrected chi connectivity index (χ4v) is 4.89. The number of benzene rings is 1. The van der Waals surface area contributed by atoms with Gasteiger partial charge in [0.25, 0.3) is 5.56 Å². The second kappa shape index (κ2) is 7.81. The molecular weight excluding hydrogens is 388 g/mol. The zero-order chi connectivity index (χ0) is 21.7. The maximum atomic E-state index is 14.8. The first kappa shape index (κ1) is 21.1. The first-order valence-corrected chi connectivity index (χ1v) is 10.6. The molecule has 2 aromatic rings. The quantitative estimate of drug-likeness (QED) is 0.759. The molecule has 1 aromatic heterocycles. The molecule has 0 aliphatic carbocycles. The van der Waals surface area contributed by atoms with Gasteiger partial charge in [-0.15, -0.1) is 0 Å². The molecule has 0 saturated carbocycles. The van der Waals surface area contributed by atoms with Gasteiger partial charge >= 0.3 is 0 Å². The van der Waals surface area contributed by atoms with Gasteiger partial charge in [-0.05, 0) is 47.1 Å². The van der Waals surface area contributed by atoms with Gasteiger partial charge in [-0.25, -0.2) is 8.78 Å². The first-order valence-electron chi connectivity index (χ1n) is 10.6.